The van der Waals surface area contributed by atoms with E-state index in [0.717, 1.165) is 57.9 Å². The number of rotatable bonds is 7. The van der Waals surface area contributed by atoms with Crippen LogP contribution in [-0.4, -0.2) is 38.3 Å². The molecule has 30 heavy (non-hydrogen) atoms. The number of nitrogens with one attached hydrogen (secondary N) is 3. The third-order valence-corrected chi connectivity index (χ3v) is 5.04. The minimum Gasteiger partial charge on any atom is -0.494 e. The van der Waals surface area contributed by atoms with Crippen molar-refractivity contribution < 1.29 is 4.74 Å². The summed E-state index contributed by atoms with van der Waals surface area (Å²) in [5, 5.41) is 12.0. The van der Waals surface area contributed by atoms with Crippen LogP contribution in [0.5, 0.6) is 5.75 Å². The van der Waals surface area contributed by atoms with E-state index in [1.54, 1.807) is 0 Å². The summed E-state index contributed by atoms with van der Waals surface area (Å²) in [4.78, 5) is 12.2. The molecule has 0 aliphatic heterocycles. The van der Waals surface area contributed by atoms with E-state index in [9.17, 15) is 0 Å². The zero-order chi connectivity index (χ0) is 20.3. The Morgan fingerprint density at radius 1 is 1.00 bits per heavy atom. The van der Waals surface area contributed by atoms with Crippen LogP contribution in [0.1, 0.15) is 12.5 Å². The van der Waals surface area contributed by atoms with Gasteiger partial charge in [-0.05, 0) is 67.4 Å². The van der Waals surface area contributed by atoms with Crippen molar-refractivity contribution in [1.29, 1.82) is 0 Å². The van der Waals surface area contributed by atoms with Gasteiger partial charge in [-0.3, -0.25) is 10.1 Å². The van der Waals surface area contributed by atoms with Crippen LogP contribution in [0.2, 0.25) is 0 Å². The highest BCUT2D eigenvalue weighted by Crippen LogP contribution is 2.29. The molecule has 0 saturated carbocycles. The number of ether oxygens (including phenoxy) is 1. The Bertz CT molecular complexity index is 1290. The Hall–Kier alpha value is -3.87. The van der Waals surface area contributed by atoms with E-state index in [-0.39, 0.29) is 0 Å². The van der Waals surface area contributed by atoms with E-state index in [4.69, 9.17) is 9.72 Å². The fraction of sp³-hybridized carbons (Fsp3) is 0.174. The normalized spacial score (nSPS) is 11.2. The number of pyridine rings is 1. The molecule has 0 spiro atoms. The van der Waals surface area contributed by atoms with Crippen molar-refractivity contribution in [3.8, 4) is 17.3 Å². The molecule has 0 unspecified atom stereocenters. The second-order valence-electron chi connectivity index (χ2n) is 7.06. The first-order valence-corrected chi connectivity index (χ1v) is 10.0. The number of hydrogen-bond donors (Lipinski definition) is 3. The second-order valence-corrected chi connectivity index (χ2v) is 7.06. The maximum absolute atomic E-state index is 5.63. The molecule has 5 rings (SSSR count). The number of imidazole rings is 1. The van der Waals surface area contributed by atoms with Gasteiger partial charge in [-0.2, -0.15) is 5.10 Å². The number of benzene rings is 2. The highest BCUT2D eigenvalue weighted by molar-refractivity contribution is 5.94. The fourth-order valence-electron chi connectivity index (χ4n) is 3.56. The lowest BCUT2D eigenvalue weighted by molar-refractivity contribution is 0.341. The third-order valence-electron chi connectivity index (χ3n) is 5.04. The summed E-state index contributed by atoms with van der Waals surface area (Å²) >= 11 is 0. The Balaban J connectivity index is 1.39. The molecule has 0 aliphatic carbocycles. The van der Waals surface area contributed by atoms with Crippen molar-refractivity contribution in [1.82, 2.24) is 25.1 Å². The van der Waals surface area contributed by atoms with Gasteiger partial charge in [0.2, 0.25) is 0 Å². The van der Waals surface area contributed by atoms with Gasteiger partial charge in [-0.25, -0.2) is 4.98 Å². The van der Waals surface area contributed by atoms with Crippen LogP contribution in [0.4, 0.5) is 5.69 Å². The molecule has 150 valence electrons. The molecular formula is C23H22N6O. The lowest BCUT2D eigenvalue weighted by Gasteiger charge is -2.06. The van der Waals surface area contributed by atoms with Gasteiger partial charge in [0.1, 0.15) is 11.4 Å². The Labute approximate surface area is 173 Å². The fourth-order valence-corrected chi connectivity index (χ4v) is 3.56. The van der Waals surface area contributed by atoms with Crippen LogP contribution in [0, 0.1) is 0 Å². The van der Waals surface area contributed by atoms with Crippen LogP contribution < -0.4 is 10.1 Å². The summed E-state index contributed by atoms with van der Waals surface area (Å²) < 4.78 is 5.63. The Morgan fingerprint density at radius 2 is 1.90 bits per heavy atom. The predicted molar refractivity (Wildman–Crippen MR) is 119 cm³/mol. The first kappa shape index (κ1) is 18.2. The molecule has 3 aromatic heterocycles. The highest BCUT2D eigenvalue weighted by atomic mass is 16.5. The number of aromatic nitrogens is 5. The molecule has 5 aromatic rings. The summed E-state index contributed by atoms with van der Waals surface area (Å²) in [5.41, 5.74) is 5.93. The summed E-state index contributed by atoms with van der Waals surface area (Å²) in [6.07, 6.45) is 4.59. The molecule has 0 radical (unpaired) electrons. The Morgan fingerprint density at radius 3 is 2.77 bits per heavy atom. The third kappa shape index (κ3) is 3.57. The number of fused-ring (bicyclic) bond motifs is 2. The van der Waals surface area contributed by atoms with Crippen molar-refractivity contribution in [2.75, 3.05) is 18.5 Å². The van der Waals surface area contributed by atoms with Gasteiger partial charge < -0.3 is 15.0 Å². The van der Waals surface area contributed by atoms with Crippen molar-refractivity contribution in [3.63, 3.8) is 0 Å². The van der Waals surface area contributed by atoms with Crippen LogP contribution in [0.3, 0.4) is 0 Å². The SMILES string of the molecule is CCOc1ccc2[nH]nc(-c3nc4ccc(NCCc5ccncc5)cc4[nH]3)c2c1. The van der Waals surface area contributed by atoms with Gasteiger partial charge in [0.25, 0.3) is 0 Å². The Kier molecular flexibility index (Phi) is 4.77. The molecule has 3 N–H and O–H groups in total. The lowest BCUT2D eigenvalue weighted by atomic mass is 10.2. The van der Waals surface area contributed by atoms with E-state index in [2.05, 4.69) is 37.6 Å². The first-order valence-electron chi connectivity index (χ1n) is 10.0. The molecule has 0 bridgehead atoms. The second kappa shape index (κ2) is 7.87. The quantitative estimate of drug-likeness (QED) is 0.374. The van der Waals surface area contributed by atoms with Gasteiger partial charge in [0.15, 0.2) is 5.82 Å². The molecule has 7 heteroatoms. The molecule has 2 aromatic carbocycles. The maximum atomic E-state index is 5.63. The lowest BCUT2D eigenvalue weighted by Crippen LogP contribution is -2.04. The van der Waals surface area contributed by atoms with E-state index in [1.165, 1.54) is 5.56 Å². The van der Waals surface area contributed by atoms with Crippen molar-refractivity contribution in [2.24, 2.45) is 0 Å². The predicted octanol–water partition coefficient (Wildman–Crippen LogP) is 4.55. The maximum Gasteiger partial charge on any atom is 0.159 e. The van der Waals surface area contributed by atoms with E-state index in [0.29, 0.717) is 6.61 Å². The highest BCUT2D eigenvalue weighted by Gasteiger charge is 2.13. The smallest absolute Gasteiger partial charge is 0.159 e. The molecule has 3 heterocycles. The molecule has 7 nitrogen and oxygen atoms in total. The van der Waals surface area contributed by atoms with Crippen LogP contribution >= 0.6 is 0 Å². The largest absolute Gasteiger partial charge is 0.494 e. The summed E-state index contributed by atoms with van der Waals surface area (Å²) in [6.45, 7) is 3.45. The minimum atomic E-state index is 0.625. The number of H-pyrrole nitrogens is 2. The van der Waals surface area contributed by atoms with Gasteiger partial charge in [-0.15, -0.1) is 0 Å². The topological polar surface area (TPSA) is 91.5 Å². The number of nitrogens with zero attached hydrogens (tertiary/aromatic N) is 3. The van der Waals surface area contributed by atoms with Crippen molar-refractivity contribution in [2.45, 2.75) is 13.3 Å². The van der Waals surface area contributed by atoms with Crippen molar-refractivity contribution in [3.05, 3.63) is 66.5 Å². The van der Waals surface area contributed by atoms with Crippen molar-refractivity contribution >= 4 is 27.6 Å². The van der Waals surface area contributed by atoms with Crippen LogP contribution in [-0.2, 0) is 6.42 Å². The minimum absolute atomic E-state index is 0.625. The number of anilines is 1. The summed E-state index contributed by atoms with van der Waals surface area (Å²) in [6, 6.07) is 16.1. The van der Waals surface area contributed by atoms with Gasteiger partial charge >= 0.3 is 0 Å². The molecule has 0 atom stereocenters. The number of hydrogen-bond acceptors (Lipinski definition) is 5. The molecular weight excluding hydrogens is 376 g/mol. The van der Waals surface area contributed by atoms with E-state index >= 15 is 0 Å². The van der Waals surface area contributed by atoms with Crippen LogP contribution in [0.25, 0.3) is 33.5 Å². The molecule has 0 fully saturated rings. The standard InChI is InChI=1S/C23H22N6O/c1-2-30-17-4-6-19-18(14-17)22(29-28-19)23-26-20-5-3-16(13-21(20)27-23)25-12-9-15-7-10-24-11-8-15/h3-8,10-11,13-14,25H,2,9,12H2,1H3,(H,26,27)(H,28,29). The molecule has 0 aliphatic rings. The monoisotopic (exact) mass is 398 g/mol. The molecule has 0 saturated heterocycles. The van der Waals surface area contributed by atoms with Crippen LogP contribution in [0.15, 0.2) is 60.9 Å². The molecule has 0 amide bonds. The first-order chi connectivity index (χ1) is 14.8. The average molecular weight is 398 g/mol. The van der Waals surface area contributed by atoms with Gasteiger partial charge in [0, 0.05) is 30.0 Å². The van der Waals surface area contributed by atoms with Gasteiger partial charge in [0.05, 0.1) is 23.2 Å². The zero-order valence-corrected chi connectivity index (χ0v) is 16.6. The summed E-state index contributed by atoms with van der Waals surface area (Å²) in [5.74, 6) is 1.56. The average Bonchev–Trinajstić information content (AvgIpc) is 3.38. The number of aromatic amines is 2. The van der Waals surface area contributed by atoms with Gasteiger partial charge in [-0.1, -0.05) is 0 Å². The summed E-state index contributed by atoms with van der Waals surface area (Å²) in [7, 11) is 0. The zero-order valence-electron chi connectivity index (χ0n) is 16.6. The van der Waals surface area contributed by atoms with E-state index in [1.807, 2.05) is 55.7 Å². The van der Waals surface area contributed by atoms with E-state index < -0.39 is 0 Å².